The summed E-state index contributed by atoms with van der Waals surface area (Å²) in [7, 11) is 0. The molecule has 0 spiro atoms. The highest BCUT2D eigenvalue weighted by Crippen LogP contribution is 2.33. The van der Waals surface area contributed by atoms with E-state index in [9.17, 15) is 23.1 Å². The number of rotatable bonds is 7. The first-order valence-electron chi connectivity index (χ1n) is 12.2. The van der Waals surface area contributed by atoms with Gasteiger partial charge in [-0.3, -0.25) is 0 Å². The lowest BCUT2D eigenvalue weighted by atomic mass is 10.0. The van der Waals surface area contributed by atoms with Crippen molar-refractivity contribution in [1.29, 1.82) is 0 Å². The molecule has 0 amide bonds. The first-order valence-corrected chi connectivity index (χ1v) is 12.9. The van der Waals surface area contributed by atoms with E-state index < -0.39 is 17.7 Å². The molecule has 4 aromatic carbocycles. The van der Waals surface area contributed by atoms with Gasteiger partial charge in [0.1, 0.15) is 5.82 Å². The molecule has 0 atom stereocenters. The molecule has 0 aliphatic heterocycles. The van der Waals surface area contributed by atoms with Crippen LogP contribution >= 0.6 is 23.2 Å². The summed E-state index contributed by atoms with van der Waals surface area (Å²) in [6.07, 6.45) is -3.43. The number of carbonyl (C=O) groups is 1. The van der Waals surface area contributed by atoms with Gasteiger partial charge in [-0.25, -0.2) is 9.78 Å². The molecule has 0 aliphatic rings. The predicted molar refractivity (Wildman–Crippen MR) is 150 cm³/mol. The largest absolute Gasteiger partial charge is 0.478 e. The molecule has 0 radical (unpaired) electrons. The highest BCUT2D eigenvalue weighted by molar-refractivity contribution is 6.36. The van der Waals surface area contributed by atoms with Crippen LogP contribution in [0.4, 0.5) is 13.2 Å². The monoisotopic (exact) mass is 580 g/mol. The minimum atomic E-state index is -4.37. The number of aromatic carboxylic acids is 1. The van der Waals surface area contributed by atoms with Crippen molar-refractivity contribution < 1.29 is 23.1 Å². The summed E-state index contributed by atoms with van der Waals surface area (Å²) in [5.41, 5.74) is 5.05. The zero-order chi connectivity index (χ0) is 28.4. The van der Waals surface area contributed by atoms with Crippen LogP contribution in [0.1, 0.15) is 38.6 Å². The fourth-order valence-corrected chi connectivity index (χ4v) is 4.91. The van der Waals surface area contributed by atoms with Crippen molar-refractivity contribution in [2.24, 2.45) is 0 Å². The van der Waals surface area contributed by atoms with E-state index in [0.29, 0.717) is 45.5 Å². The standard InChI is InChI=1S/C31H21Cl2F3N2O2/c32-24-13-14-25(26(33)17-24)29-27(15-18-3-7-22(8-4-18)30(39)40)37-28(38-29)16-19-1-5-20(6-2-19)21-9-11-23(12-10-21)31(34,35)36/h1-14,17H,15-16H2,(H,37,38)(H,39,40). The molecule has 5 aromatic rings. The van der Waals surface area contributed by atoms with Crippen LogP contribution in [0, 0.1) is 0 Å². The Kier molecular flexibility index (Phi) is 7.70. The van der Waals surface area contributed by atoms with Crippen LogP contribution in [0.2, 0.25) is 10.0 Å². The van der Waals surface area contributed by atoms with Gasteiger partial charge in [0.15, 0.2) is 0 Å². The Balaban J connectivity index is 1.41. The van der Waals surface area contributed by atoms with Gasteiger partial charge in [0.2, 0.25) is 0 Å². The molecule has 40 heavy (non-hydrogen) atoms. The van der Waals surface area contributed by atoms with Gasteiger partial charge < -0.3 is 10.1 Å². The van der Waals surface area contributed by atoms with Crippen molar-refractivity contribution >= 4 is 29.2 Å². The van der Waals surface area contributed by atoms with Gasteiger partial charge in [0.25, 0.3) is 0 Å². The van der Waals surface area contributed by atoms with Crippen LogP contribution in [-0.2, 0) is 19.0 Å². The molecular weight excluding hydrogens is 560 g/mol. The maximum Gasteiger partial charge on any atom is 0.416 e. The number of aromatic amines is 1. The van der Waals surface area contributed by atoms with E-state index in [1.807, 2.05) is 24.3 Å². The first kappa shape index (κ1) is 27.5. The smallest absolute Gasteiger partial charge is 0.416 e. The Bertz CT molecular complexity index is 1660. The van der Waals surface area contributed by atoms with Crippen LogP contribution in [0.3, 0.4) is 0 Å². The molecule has 1 heterocycles. The Morgan fingerprint density at radius 2 is 1.38 bits per heavy atom. The van der Waals surface area contributed by atoms with Gasteiger partial charge in [0, 0.05) is 29.1 Å². The Labute approximate surface area is 238 Å². The third kappa shape index (κ3) is 6.22. The Morgan fingerprint density at radius 3 is 1.95 bits per heavy atom. The number of H-pyrrole nitrogens is 1. The average molecular weight is 581 g/mol. The fourth-order valence-electron chi connectivity index (χ4n) is 4.41. The zero-order valence-corrected chi connectivity index (χ0v) is 22.3. The number of benzene rings is 4. The number of hydrogen-bond acceptors (Lipinski definition) is 2. The van der Waals surface area contributed by atoms with Crippen molar-refractivity contribution in [3.8, 4) is 22.4 Å². The maximum absolute atomic E-state index is 12.9. The summed E-state index contributed by atoms with van der Waals surface area (Å²) in [4.78, 5) is 19.5. The molecule has 2 N–H and O–H groups in total. The van der Waals surface area contributed by atoms with E-state index in [2.05, 4.69) is 4.98 Å². The number of nitrogens with zero attached hydrogens (tertiary/aromatic N) is 1. The third-order valence-corrected chi connectivity index (χ3v) is 7.01. The fraction of sp³-hybridized carbons (Fsp3) is 0.0968. The summed E-state index contributed by atoms with van der Waals surface area (Å²) in [5.74, 6) is -0.297. The summed E-state index contributed by atoms with van der Waals surface area (Å²) in [6.45, 7) is 0. The third-order valence-electron chi connectivity index (χ3n) is 6.47. The summed E-state index contributed by atoms with van der Waals surface area (Å²) >= 11 is 12.6. The lowest BCUT2D eigenvalue weighted by Crippen LogP contribution is -2.03. The van der Waals surface area contributed by atoms with Crippen LogP contribution in [0.15, 0.2) is 91.0 Å². The zero-order valence-electron chi connectivity index (χ0n) is 20.8. The molecule has 0 fully saturated rings. The molecule has 0 aliphatic carbocycles. The SMILES string of the molecule is O=C(O)c1ccc(Cc2[nH]c(Cc3ccc(-c4ccc(C(F)(F)F)cc4)cc3)nc2-c2ccc(Cl)cc2Cl)cc1. The van der Waals surface area contributed by atoms with Gasteiger partial charge in [-0.15, -0.1) is 0 Å². The second kappa shape index (κ2) is 11.2. The van der Waals surface area contributed by atoms with E-state index in [4.69, 9.17) is 28.2 Å². The Hall–Kier alpha value is -4.07. The number of hydrogen-bond donors (Lipinski definition) is 2. The molecule has 0 unspecified atom stereocenters. The molecule has 0 bridgehead atoms. The normalized spacial score (nSPS) is 11.5. The van der Waals surface area contributed by atoms with Gasteiger partial charge in [-0.1, -0.05) is 71.7 Å². The van der Waals surface area contributed by atoms with Crippen LogP contribution in [-0.4, -0.2) is 21.0 Å². The van der Waals surface area contributed by atoms with E-state index in [1.165, 1.54) is 12.1 Å². The lowest BCUT2D eigenvalue weighted by molar-refractivity contribution is -0.137. The van der Waals surface area contributed by atoms with E-state index in [0.717, 1.165) is 34.5 Å². The molecular formula is C31H21Cl2F3N2O2. The van der Waals surface area contributed by atoms with Crippen LogP contribution in [0.5, 0.6) is 0 Å². The van der Waals surface area contributed by atoms with Gasteiger partial charge in [0.05, 0.1) is 21.8 Å². The number of alkyl halides is 3. The van der Waals surface area contributed by atoms with Crippen molar-refractivity contribution in [3.63, 3.8) is 0 Å². The Morgan fingerprint density at radius 1 is 0.800 bits per heavy atom. The van der Waals surface area contributed by atoms with Crippen molar-refractivity contribution in [2.75, 3.05) is 0 Å². The average Bonchev–Trinajstić information content (AvgIpc) is 3.30. The minimum absolute atomic E-state index is 0.203. The molecule has 4 nitrogen and oxygen atoms in total. The second-order valence-electron chi connectivity index (χ2n) is 9.26. The second-order valence-corrected chi connectivity index (χ2v) is 10.1. The van der Waals surface area contributed by atoms with Crippen molar-refractivity contribution in [2.45, 2.75) is 19.0 Å². The minimum Gasteiger partial charge on any atom is -0.478 e. The first-order chi connectivity index (χ1) is 19.1. The highest BCUT2D eigenvalue weighted by Gasteiger charge is 2.30. The van der Waals surface area contributed by atoms with Crippen LogP contribution in [0.25, 0.3) is 22.4 Å². The molecule has 9 heteroatoms. The number of carboxylic acids is 1. The highest BCUT2D eigenvalue weighted by atomic mass is 35.5. The quantitative estimate of drug-likeness (QED) is 0.202. The summed E-state index contributed by atoms with van der Waals surface area (Å²) < 4.78 is 38.7. The molecule has 5 rings (SSSR count). The number of nitrogens with one attached hydrogen (secondary N) is 1. The predicted octanol–water partition coefficient (Wildman–Crippen LogP) is 8.95. The summed E-state index contributed by atoms with van der Waals surface area (Å²) in [6, 6.07) is 24.5. The van der Waals surface area contributed by atoms with Gasteiger partial charge in [-0.2, -0.15) is 13.2 Å². The summed E-state index contributed by atoms with van der Waals surface area (Å²) in [5, 5.41) is 10.1. The molecule has 0 saturated carbocycles. The maximum atomic E-state index is 12.9. The number of aromatic nitrogens is 2. The molecule has 0 saturated heterocycles. The topological polar surface area (TPSA) is 66.0 Å². The van der Waals surface area contributed by atoms with Crippen LogP contribution < -0.4 is 0 Å². The van der Waals surface area contributed by atoms with Gasteiger partial charge in [-0.05, 0) is 64.7 Å². The number of halogens is 5. The van der Waals surface area contributed by atoms with E-state index in [-0.39, 0.29) is 5.56 Å². The van der Waals surface area contributed by atoms with E-state index >= 15 is 0 Å². The molecule has 1 aromatic heterocycles. The molecule has 202 valence electrons. The number of imidazole rings is 1. The lowest BCUT2D eigenvalue weighted by Gasteiger charge is -2.08. The van der Waals surface area contributed by atoms with Crippen molar-refractivity contribution in [1.82, 2.24) is 9.97 Å². The number of carboxylic acid groups (broad SMARTS) is 1. The van der Waals surface area contributed by atoms with Crippen molar-refractivity contribution in [3.05, 3.63) is 135 Å². The van der Waals surface area contributed by atoms with E-state index in [1.54, 1.807) is 42.5 Å². The van der Waals surface area contributed by atoms with Gasteiger partial charge >= 0.3 is 12.1 Å².